The van der Waals surface area contributed by atoms with Crippen LogP contribution in [0.25, 0.3) is 11.3 Å². The zero-order valence-corrected chi connectivity index (χ0v) is 8.88. The largest absolute Gasteiger partial charge is 0.444 e. The van der Waals surface area contributed by atoms with Gasteiger partial charge >= 0.3 is 0 Å². The first-order valence-electron chi connectivity index (χ1n) is 4.65. The van der Waals surface area contributed by atoms with Gasteiger partial charge in [0.25, 0.3) is 0 Å². The first-order valence-corrected chi connectivity index (χ1v) is 4.65. The van der Waals surface area contributed by atoms with E-state index in [0.29, 0.717) is 0 Å². The van der Waals surface area contributed by atoms with Crippen molar-refractivity contribution in [2.45, 2.75) is 13.1 Å². The molecule has 0 fully saturated rings. The molecule has 0 saturated carbocycles. The highest BCUT2D eigenvalue weighted by Gasteiger charge is 2.11. The molecule has 0 amide bonds. The second kappa shape index (κ2) is 4.04. The van der Waals surface area contributed by atoms with Gasteiger partial charge in [-0.2, -0.15) is 0 Å². The van der Waals surface area contributed by atoms with Crippen molar-refractivity contribution in [1.82, 2.24) is 10.3 Å². The number of halogens is 1. The number of aromatic nitrogens is 1. The number of benzene rings is 1. The molecule has 1 aromatic carbocycles. The molecule has 0 unspecified atom stereocenters. The third-order valence-corrected chi connectivity index (χ3v) is 2.55. The van der Waals surface area contributed by atoms with Gasteiger partial charge in [-0.3, -0.25) is 0 Å². The highest BCUT2D eigenvalue weighted by Crippen LogP contribution is 2.24. The van der Waals surface area contributed by atoms with Crippen LogP contribution in [0.15, 0.2) is 35.2 Å². The third kappa shape index (κ3) is 1.76. The van der Waals surface area contributed by atoms with Crippen LogP contribution in [0.3, 0.4) is 0 Å². The van der Waals surface area contributed by atoms with E-state index in [1.807, 2.05) is 0 Å². The van der Waals surface area contributed by atoms with Crippen LogP contribution in [0, 0.1) is 0 Å². The highest BCUT2D eigenvalue weighted by molar-refractivity contribution is 5.85. The van der Waals surface area contributed by atoms with Gasteiger partial charge in [-0.05, 0) is 17.2 Å². The molecule has 4 heteroatoms. The molecule has 0 aliphatic carbocycles. The first kappa shape index (κ1) is 10.2. The second-order valence-corrected chi connectivity index (χ2v) is 3.45. The molecule has 1 N–H and O–H groups in total. The summed E-state index contributed by atoms with van der Waals surface area (Å²) in [6, 6.07) is 6.38. The maximum absolute atomic E-state index is 5.25. The molecule has 3 nitrogen and oxygen atoms in total. The minimum absolute atomic E-state index is 0. The van der Waals surface area contributed by atoms with E-state index in [0.717, 1.165) is 24.4 Å². The summed E-state index contributed by atoms with van der Waals surface area (Å²) in [5.41, 5.74) is 3.84. The van der Waals surface area contributed by atoms with Gasteiger partial charge in [0.05, 0.1) is 6.20 Å². The Kier molecular flexibility index (Phi) is 2.75. The number of rotatable bonds is 1. The normalized spacial score (nSPS) is 13.3. The molecule has 2 heterocycles. The fraction of sp³-hybridized carbons (Fsp3) is 0.182. The Morgan fingerprint density at radius 3 is 2.87 bits per heavy atom. The van der Waals surface area contributed by atoms with Crippen LogP contribution in [-0.2, 0) is 13.1 Å². The van der Waals surface area contributed by atoms with Crippen LogP contribution in [0.2, 0.25) is 0 Å². The fourth-order valence-electron chi connectivity index (χ4n) is 1.81. The summed E-state index contributed by atoms with van der Waals surface area (Å²) in [6.45, 7) is 1.93. The molecule has 15 heavy (non-hydrogen) atoms. The predicted molar refractivity (Wildman–Crippen MR) is 59.7 cm³/mol. The van der Waals surface area contributed by atoms with Gasteiger partial charge in [0.1, 0.15) is 0 Å². The quantitative estimate of drug-likeness (QED) is 0.805. The van der Waals surface area contributed by atoms with Gasteiger partial charge in [0, 0.05) is 18.7 Å². The van der Waals surface area contributed by atoms with Crippen LogP contribution in [0.1, 0.15) is 11.1 Å². The Hall–Kier alpha value is -1.32. The van der Waals surface area contributed by atoms with Crippen molar-refractivity contribution < 1.29 is 4.42 Å². The molecule has 2 aromatic rings. The van der Waals surface area contributed by atoms with Crippen molar-refractivity contribution in [3.63, 3.8) is 0 Å². The zero-order valence-electron chi connectivity index (χ0n) is 8.06. The van der Waals surface area contributed by atoms with Gasteiger partial charge in [-0.1, -0.05) is 12.1 Å². The van der Waals surface area contributed by atoms with E-state index in [9.17, 15) is 0 Å². The fourth-order valence-corrected chi connectivity index (χ4v) is 1.81. The number of oxazole rings is 1. The van der Waals surface area contributed by atoms with Gasteiger partial charge in [0.2, 0.25) is 0 Å². The predicted octanol–water partition coefficient (Wildman–Crippen LogP) is 2.37. The molecule has 1 aromatic heterocycles. The zero-order chi connectivity index (χ0) is 9.38. The van der Waals surface area contributed by atoms with E-state index in [1.165, 1.54) is 17.5 Å². The maximum atomic E-state index is 5.25. The van der Waals surface area contributed by atoms with E-state index in [1.54, 1.807) is 6.20 Å². The standard InChI is InChI=1S/C11H10N2O.ClH/c1-2-9-4-12-5-10(9)3-8(1)11-6-13-7-14-11;/h1-3,6-7,12H,4-5H2;1H. The maximum Gasteiger partial charge on any atom is 0.181 e. The molecular formula is C11H11ClN2O. The van der Waals surface area contributed by atoms with E-state index in [2.05, 4.69) is 28.5 Å². The lowest BCUT2D eigenvalue weighted by atomic mass is 10.1. The summed E-state index contributed by atoms with van der Waals surface area (Å²) in [5.74, 6) is 0.833. The first-order chi connectivity index (χ1) is 6.93. The summed E-state index contributed by atoms with van der Waals surface area (Å²) in [5, 5.41) is 3.31. The van der Waals surface area contributed by atoms with Crippen LogP contribution in [0.4, 0.5) is 0 Å². The lowest BCUT2D eigenvalue weighted by Gasteiger charge is -2.00. The van der Waals surface area contributed by atoms with Crippen LogP contribution in [-0.4, -0.2) is 4.98 Å². The van der Waals surface area contributed by atoms with Crippen LogP contribution < -0.4 is 5.32 Å². The molecule has 0 radical (unpaired) electrons. The van der Waals surface area contributed by atoms with E-state index in [-0.39, 0.29) is 12.4 Å². The summed E-state index contributed by atoms with van der Waals surface area (Å²) in [6.07, 6.45) is 3.20. The number of nitrogens with zero attached hydrogens (tertiary/aromatic N) is 1. The molecule has 1 aliphatic heterocycles. The summed E-state index contributed by atoms with van der Waals surface area (Å²) >= 11 is 0. The molecule has 1 aliphatic rings. The monoisotopic (exact) mass is 222 g/mol. The number of hydrogen-bond donors (Lipinski definition) is 1. The van der Waals surface area contributed by atoms with E-state index >= 15 is 0 Å². The van der Waals surface area contributed by atoms with Crippen molar-refractivity contribution in [1.29, 1.82) is 0 Å². The van der Waals surface area contributed by atoms with Gasteiger partial charge < -0.3 is 9.73 Å². The minimum atomic E-state index is 0. The molecule has 3 rings (SSSR count). The number of nitrogens with one attached hydrogen (secondary N) is 1. The lowest BCUT2D eigenvalue weighted by Crippen LogP contribution is -1.99. The number of fused-ring (bicyclic) bond motifs is 1. The molecule has 0 atom stereocenters. The summed E-state index contributed by atoms with van der Waals surface area (Å²) < 4.78 is 5.25. The van der Waals surface area contributed by atoms with Gasteiger partial charge in [0.15, 0.2) is 12.2 Å². The average molecular weight is 223 g/mol. The second-order valence-electron chi connectivity index (χ2n) is 3.45. The summed E-state index contributed by atoms with van der Waals surface area (Å²) in [4.78, 5) is 3.91. The Morgan fingerprint density at radius 1 is 1.20 bits per heavy atom. The SMILES string of the molecule is Cl.c1ncc(-c2ccc3c(c2)CNC3)o1. The lowest BCUT2D eigenvalue weighted by molar-refractivity contribution is 0.572. The molecule has 0 spiro atoms. The molecule has 0 saturated heterocycles. The van der Waals surface area contributed by atoms with Crippen molar-refractivity contribution in [3.8, 4) is 11.3 Å². The Labute approximate surface area is 93.9 Å². The van der Waals surface area contributed by atoms with Crippen LogP contribution in [0.5, 0.6) is 0 Å². The summed E-state index contributed by atoms with van der Waals surface area (Å²) in [7, 11) is 0. The molecule has 78 valence electrons. The van der Waals surface area contributed by atoms with Crippen LogP contribution >= 0.6 is 12.4 Å². The smallest absolute Gasteiger partial charge is 0.181 e. The van der Waals surface area contributed by atoms with Crippen molar-refractivity contribution in [2.75, 3.05) is 0 Å². The minimum Gasteiger partial charge on any atom is -0.444 e. The Bertz CT molecular complexity index is 454. The van der Waals surface area contributed by atoms with Crippen molar-refractivity contribution in [3.05, 3.63) is 41.9 Å². The van der Waals surface area contributed by atoms with Gasteiger partial charge in [-0.15, -0.1) is 12.4 Å². The van der Waals surface area contributed by atoms with Gasteiger partial charge in [-0.25, -0.2) is 4.98 Å². The Morgan fingerprint density at radius 2 is 2.07 bits per heavy atom. The topological polar surface area (TPSA) is 38.1 Å². The van der Waals surface area contributed by atoms with Crippen molar-refractivity contribution in [2.24, 2.45) is 0 Å². The van der Waals surface area contributed by atoms with E-state index < -0.39 is 0 Å². The van der Waals surface area contributed by atoms with Crippen molar-refractivity contribution >= 4 is 12.4 Å². The van der Waals surface area contributed by atoms with E-state index in [4.69, 9.17) is 4.42 Å². The molecular weight excluding hydrogens is 212 g/mol. The molecule has 0 bridgehead atoms. The highest BCUT2D eigenvalue weighted by atomic mass is 35.5. The Balaban J connectivity index is 0.000000853. The average Bonchev–Trinajstić information content (AvgIpc) is 2.88. The third-order valence-electron chi connectivity index (χ3n) is 2.55. The number of hydrogen-bond acceptors (Lipinski definition) is 3.